The first kappa shape index (κ1) is 18.8. The molecule has 10 heteroatoms. The zero-order chi connectivity index (χ0) is 18.8. The van der Waals surface area contributed by atoms with Gasteiger partial charge in [0.25, 0.3) is 0 Å². The SMILES string of the molecule is CCC1SCC(C#N)N1n1on1C1CCN(CC(=O)N2CCOCC2)CC1. The molecule has 9 nitrogen and oxygen atoms in total. The molecule has 1 amide bonds. The lowest BCUT2D eigenvalue weighted by atomic mass is 10.1. The van der Waals surface area contributed by atoms with Gasteiger partial charge in [-0.05, 0) is 19.3 Å². The molecule has 0 radical (unpaired) electrons. The molecule has 0 aromatic carbocycles. The molecule has 0 N–H and O–H groups in total. The van der Waals surface area contributed by atoms with Crippen molar-refractivity contribution < 1.29 is 14.2 Å². The number of carbonyl (C=O) groups is 1. The van der Waals surface area contributed by atoms with Crippen LogP contribution in [-0.2, 0) is 9.53 Å². The number of hydrogen-bond acceptors (Lipinski definition) is 7. The minimum absolute atomic E-state index is 0.129. The number of morpholine rings is 1. The van der Waals surface area contributed by atoms with E-state index in [9.17, 15) is 10.1 Å². The summed E-state index contributed by atoms with van der Waals surface area (Å²) in [4.78, 5) is 20.3. The highest BCUT2D eigenvalue weighted by Gasteiger charge is 2.40. The average Bonchev–Trinajstić information content (AvgIpc) is 3.39. The van der Waals surface area contributed by atoms with E-state index in [1.165, 1.54) is 0 Å². The molecule has 27 heavy (non-hydrogen) atoms. The normalized spacial score (nSPS) is 28.0. The Labute approximate surface area is 163 Å². The molecule has 2 atom stereocenters. The Morgan fingerprint density at radius 1 is 1.22 bits per heavy atom. The van der Waals surface area contributed by atoms with Gasteiger partial charge in [0.2, 0.25) is 5.91 Å². The van der Waals surface area contributed by atoms with Gasteiger partial charge in [-0.15, -0.1) is 11.8 Å². The Balaban J connectivity index is 1.27. The molecule has 0 saturated carbocycles. The van der Waals surface area contributed by atoms with Crippen molar-refractivity contribution in [3.63, 3.8) is 0 Å². The van der Waals surface area contributed by atoms with Crippen LogP contribution in [0.15, 0.2) is 4.63 Å². The standard InChI is InChI=1S/C17H28N6O3S/c1-2-17-21(15(11-18)13-27-17)23-22(26-23)14-3-5-19(6-4-14)12-16(24)20-7-9-25-10-8-20/h14-15,17H,2-10,12-13H2,1H3. The monoisotopic (exact) mass is 396 g/mol. The second kappa shape index (κ2) is 8.20. The summed E-state index contributed by atoms with van der Waals surface area (Å²) < 4.78 is 11.1. The van der Waals surface area contributed by atoms with Crippen molar-refractivity contribution in [3.05, 3.63) is 0 Å². The number of amides is 1. The summed E-state index contributed by atoms with van der Waals surface area (Å²) in [5.74, 6) is 1.03. The average molecular weight is 397 g/mol. The maximum absolute atomic E-state index is 12.4. The van der Waals surface area contributed by atoms with E-state index in [1.807, 2.05) is 21.5 Å². The summed E-state index contributed by atoms with van der Waals surface area (Å²) in [6.45, 7) is 7.12. The van der Waals surface area contributed by atoms with E-state index in [0.29, 0.717) is 44.3 Å². The van der Waals surface area contributed by atoms with E-state index in [1.54, 1.807) is 4.96 Å². The van der Waals surface area contributed by atoms with Crippen LogP contribution in [0.1, 0.15) is 32.2 Å². The highest BCUT2D eigenvalue weighted by molar-refractivity contribution is 8.00. The van der Waals surface area contributed by atoms with Crippen LogP contribution in [0.2, 0.25) is 0 Å². The topological polar surface area (TPSA) is 82.8 Å². The number of aromatic nitrogens is 2. The lowest BCUT2D eigenvalue weighted by molar-refractivity contribution is -0.136. The first-order valence-electron chi connectivity index (χ1n) is 9.86. The first-order chi connectivity index (χ1) is 13.2. The Morgan fingerprint density at radius 3 is 2.63 bits per heavy atom. The van der Waals surface area contributed by atoms with Gasteiger partial charge in [-0.1, -0.05) is 11.8 Å². The van der Waals surface area contributed by atoms with Gasteiger partial charge in [-0.25, -0.2) is 9.64 Å². The number of hydrogen-bond donors (Lipinski definition) is 0. The summed E-state index contributed by atoms with van der Waals surface area (Å²) >= 11 is 1.82. The van der Waals surface area contributed by atoms with Crippen LogP contribution in [0.4, 0.5) is 0 Å². The lowest BCUT2D eigenvalue weighted by Crippen LogP contribution is -2.47. The van der Waals surface area contributed by atoms with Crippen LogP contribution in [0.3, 0.4) is 0 Å². The number of thioether (sulfide) groups is 1. The van der Waals surface area contributed by atoms with Crippen LogP contribution >= 0.6 is 11.8 Å². The fourth-order valence-electron chi connectivity index (χ4n) is 4.00. The molecule has 4 heterocycles. The Kier molecular flexibility index (Phi) is 5.71. The third-order valence-corrected chi connectivity index (χ3v) is 7.09. The highest BCUT2D eigenvalue weighted by atomic mass is 32.2. The fraction of sp³-hybridized carbons (Fsp3) is 0.882. The predicted molar refractivity (Wildman–Crippen MR) is 101 cm³/mol. The number of nitriles is 1. The van der Waals surface area contributed by atoms with Gasteiger partial charge >= 0.3 is 0 Å². The van der Waals surface area contributed by atoms with Crippen LogP contribution < -0.4 is 5.01 Å². The maximum Gasteiger partial charge on any atom is 0.236 e. The summed E-state index contributed by atoms with van der Waals surface area (Å²) in [6, 6.07) is 2.56. The molecule has 3 aliphatic heterocycles. The Bertz CT molecular complexity index is 664. The van der Waals surface area contributed by atoms with Crippen molar-refractivity contribution in [1.82, 2.24) is 19.6 Å². The second-order valence-corrected chi connectivity index (χ2v) is 8.57. The van der Waals surface area contributed by atoms with E-state index in [0.717, 1.165) is 38.1 Å². The van der Waals surface area contributed by atoms with Gasteiger partial charge in [0.1, 0.15) is 6.04 Å². The molecule has 3 aliphatic rings. The molecular formula is C17H28N6O3S. The van der Waals surface area contributed by atoms with E-state index in [2.05, 4.69) is 22.9 Å². The molecular weight excluding hydrogens is 368 g/mol. The highest BCUT2D eigenvalue weighted by Crippen LogP contribution is 2.33. The first-order valence-corrected chi connectivity index (χ1v) is 10.9. The molecule has 0 aliphatic carbocycles. The predicted octanol–water partition coefficient (Wildman–Crippen LogP) is 0.691. The Hall–Kier alpha value is -1.57. The molecule has 3 saturated heterocycles. The van der Waals surface area contributed by atoms with Crippen LogP contribution in [0.25, 0.3) is 0 Å². The number of nitrogens with zero attached hydrogens (tertiary/aromatic N) is 6. The molecule has 0 spiro atoms. The number of piperidine rings is 1. The van der Waals surface area contributed by atoms with Crippen molar-refractivity contribution in [2.75, 3.05) is 56.7 Å². The molecule has 4 rings (SSSR count). The van der Waals surface area contributed by atoms with Gasteiger partial charge in [0, 0.05) is 36.9 Å². The van der Waals surface area contributed by atoms with E-state index in [4.69, 9.17) is 9.37 Å². The van der Waals surface area contributed by atoms with Crippen molar-refractivity contribution in [1.29, 1.82) is 5.26 Å². The van der Waals surface area contributed by atoms with Crippen molar-refractivity contribution in [2.24, 2.45) is 0 Å². The van der Waals surface area contributed by atoms with Gasteiger partial charge in [-0.3, -0.25) is 9.69 Å². The maximum atomic E-state index is 12.4. The summed E-state index contributed by atoms with van der Waals surface area (Å²) in [5.41, 5.74) is 0. The summed E-state index contributed by atoms with van der Waals surface area (Å²) in [5, 5.41) is 11.8. The Morgan fingerprint density at radius 2 is 1.96 bits per heavy atom. The lowest BCUT2D eigenvalue weighted by Gasteiger charge is -2.33. The molecule has 1 aromatic rings. The van der Waals surface area contributed by atoms with Crippen LogP contribution in [-0.4, -0.2) is 88.6 Å². The number of rotatable bonds is 5. The van der Waals surface area contributed by atoms with E-state index >= 15 is 0 Å². The summed E-state index contributed by atoms with van der Waals surface area (Å²) in [7, 11) is 0. The number of likely N-dealkylation sites (tertiary alicyclic amines) is 1. The van der Waals surface area contributed by atoms with Crippen LogP contribution in [0.5, 0.6) is 0 Å². The molecule has 0 bridgehead atoms. The quantitative estimate of drug-likeness (QED) is 0.724. The van der Waals surface area contributed by atoms with Gasteiger partial charge in [0.15, 0.2) is 0 Å². The number of ether oxygens (including phenoxy) is 1. The second-order valence-electron chi connectivity index (χ2n) is 7.36. The van der Waals surface area contributed by atoms with E-state index < -0.39 is 0 Å². The van der Waals surface area contributed by atoms with E-state index in [-0.39, 0.29) is 11.9 Å². The molecule has 3 fully saturated rings. The zero-order valence-electron chi connectivity index (χ0n) is 15.8. The number of carbonyl (C=O) groups excluding carboxylic acids is 1. The van der Waals surface area contributed by atoms with Gasteiger partial charge < -0.3 is 9.64 Å². The largest absolute Gasteiger partial charge is 0.378 e. The van der Waals surface area contributed by atoms with Crippen molar-refractivity contribution in [3.8, 4) is 6.07 Å². The van der Waals surface area contributed by atoms with Crippen molar-refractivity contribution in [2.45, 2.75) is 43.6 Å². The van der Waals surface area contributed by atoms with Crippen molar-refractivity contribution >= 4 is 17.7 Å². The fourth-order valence-corrected chi connectivity index (χ4v) is 5.25. The molecule has 150 valence electrons. The molecule has 2 unspecified atom stereocenters. The van der Waals surface area contributed by atoms with Gasteiger partial charge in [-0.2, -0.15) is 5.26 Å². The molecule has 1 aromatic heterocycles. The van der Waals surface area contributed by atoms with Gasteiger partial charge in [0.05, 0.1) is 37.2 Å². The summed E-state index contributed by atoms with van der Waals surface area (Å²) in [6.07, 6.45) is 2.91. The third-order valence-electron chi connectivity index (χ3n) is 5.65. The third kappa shape index (κ3) is 4.00. The minimum Gasteiger partial charge on any atom is -0.378 e. The van der Waals surface area contributed by atoms with Crippen LogP contribution in [0, 0.1) is 11.3 Å². The zero-order valence-corrected chi connectivity index (χ0v) is 16.6. The minimum atomic E-state index is -0.129. The smallest absolute Gasteiger partial charge is 0.236 e.